The first-order valence-electron chi connectivity index (χ1n) is 5.74. The molecule has 5 nitrogen and oxygen atoms in total. The van der Waals surface area contributed by atoms with Crippen molar-refractivity contribution in [3.63, 3.8) is 0 Å². The molecule has 0 unspecified atom stereocenters. The second-order valence-electron chi connectivity index (χ2n) is 4.27. The Morgan fingerprint density at radius 1 is 1.50 bits per heavy atom. The molecule has 6 heteroatoms. The minimum atomic E-state index is -1.15. The van der Waals surface area contributed by atoms with Crippen molar-refractivity contribution >= 4 is 21.9 Å². The number of rotatable bonds is 5. The van der Waals surface area contributed by atoms with Gasteiger partial charge in [0.2, 0.25) is 5.76 Å². The second kappa shape index (κ2) is 5.92. The third-order valence-corrected chi connectivity index (χ3v) is 3.04. The van der Waals surface area contributed by atoms with E-state index in [9.17, 15) is 4.79 Å². The van der Waals surface area contributed by atoms with Crippen LogP contribution in [-0.4, -0.2) is 22.8 Å². The summed E-state index contributed by atoms with van der Waals surface area (Å²) in [4.78, 5) is 10.7. The number of halogens is 1. The van der Waals surface area contributed by atoms with Crippen molar-refractivity contribution in [1.82, 2.24) is 5.16 Å². The summed E-state index contributed by atoms with van der Waals surface area (Å²) in [5.74, 6) is -0.665. The van der Waals surface area contributed by atoms with Crippen LogP contribution in [0.25, 0.3) is 11.3 Å². The Hall–Kier alpha value is -2.08. The van der Waals surface area contributed by atoms with Crippen molar-refractivity contribution in [2.45, 2.75) is 6.92 Å². The van der Waals surface area contributed by atoms with Crippen LogP contribution in [0.2, 0.25) is 0 Å². The average Bonchev–Trinajstić information content (AvgIpc) is 2.86. The van der Waals surface area contributed by atoms with E-state index in [1.165, 1.54) is 6.07 Å². The van der Waals surface area contributed by atoms with Crippen molar-refractivity contribution in [3.8, 4) is 17.0 Å². The molecule has 0 aliphatic carbocycles. The lowest BCUT2D eigenvalue weighted by molar-refractivity contribution is 0.0652. The minimum absolute atomic E-state index is 0.196. The molecule has 0 bridgehead atoms. The standard InChI is InChI=1S/C14H12BrNO4/c1-8(2)7-19-12-4-3-9(5-10(12)15)11-6-13(14(17)18)20-16-11/h3-6H,1,7H2,2H3,(H,17,18). The highest BCUT2D eigenvalue weighted by Gasteiger charge is 2.13. The Morgan fingerprint density at radius 2 is 2.25 bits per heavy atom. The number of hydrogen-bond acceptors (Lipinski definition) is 4. The summed E-state index contributed by atoms with van der Waals surface area (Å²) in [7, 11) is 0. The van der Waals surface area contributed by atoms with Crippen molar-refractivity contribution in [2.75, 3.05) is 6.61 Å². The predicted octanol–water partition coefficient (Wildman–Crippen LogP) is 3.76. The maximum Gasteiger partial charge on any atom is 0.374 e. The number of benzene rings is 1. The molecular weight excluding hydrogens is 326 g/mol. The van der Waals surface area contributed by atoms with Gasteiger partial charge in [0.25, 0.3) is 0 Å². The Bertz CT molecular complexity index is 663. The SMILES string of the molecule is C=C(C)COc1ccc(-c2cc(C(=O)O)on2)cc1Br. The maximum atomic E-state index is 10.7. The summed E-state index contributed by atoms with van der Waals surface area (Å²) in [6, 6.07) is 6.72. The zero-order chi connectivity index (χ0) is 14.7. The molecular formula is C14H12BrNO4. The monoisotopic (exact) mass is 337 g/mol. The molecule has 1 aromatic heterocycles. The van der Waals surface area contributed by atoms with Crippen molar-refractivity contribution in [2.24, 2.45) is 0 Å². The molecule has 0 spiro atoms. The zero-order valence-corrected chi connectivity index (χ0v) is 12.3. The van der Waals surface area contributed by atoms with Crippen LogP contribution in [0.15, 0.2) is 45.4 Å². The lowest BCUT2D eigenvalue weighted by Gasteiger charge is -2.08. The molecule has 1 heterocycles. The second-order valence-corrected chi connectivity index (χ2v) is 5.13. The summed E-state index contributed by atoms with van der Waals surface area (Å²) < 4.78 is 11.0. The first-order valence-corrected chi connectivity index (χ1v) is 6.54. The fourth-order valence-corrected chi connectivity index (χ4v) is 1.98. The molecule has 0 atom stereocenters. The van der Waals surface area contributed by atoms with Crippen LogP contribution in [0.5, 0.6) is 5.75 Å². The van der Waals surface area contributed by atoms with Gasteiger partial charge in [-0.05, 0) is 46.6 Å². The van der Waals surface area contributed by atoms with Gasteiger partial charge in [0.15, 0.2) is 0 Å². The highest BCUT2D eigenvalue weighted by atomic mass is 79.9. The third-order valence-electron chi connectivity index (χ3n) is 2.42. The van der Waals surface area contributed by atoms with Gasteiger partial charge >= 0.3 is 5.97 Å². The Kier molecular flexibility index (Phi) is 4.24. The summed E-state index contributed by atoms with van der Waals surface area (Å²) in [6.45, 7) is 6.08. The van der Waals surface area contributed by atoms with Gasteiger partial charge in [0, 0.05) is 11.6 Å². The molecule has 0 radical (unpaired) electrons. The van der Waals surface area contributed by atoms with E-state index in [0.717, 1.165) is 15.6 Å². The summed E-state index contributed by atoms with van der Waals surface area (Å²) in [6.07, 6.45) is 0. The molecule has 0 fully saturated rings. The van der Waals surface area contributed by atoms with Gasteiger partial charge in [-0.2, -0.15) is 0 Å². The van der Waals surface area contributed by atoms with E-state index in [4.69, 9.17) is 14.4 Å². The van der Waals surface area contributed by atoms with Crippen LogP contribution in [0, 0.1) is 0 Å². The average molecular weight is 338 g/mol. The fourth-order valence-electron chi connectivity index (χ4n) is 1.49. The Morgan fingerprint density at radius 3 is 2.80 bits per heavy atom. The number of nitrogens with zero attached hydrogens (tertiary/aromatic N) is 1. The van der Waals surface area contributed by atoms with Gasteiger partial charge in [-0.1, -0.05) is 11.7 Å². The smallest absolute Gasteiger partial charge is 0.374 e. The summed E-state index contributed by atoms with van der Waals surface area (Å²) in [5.41, 5.74) is 2.11. The number of carboxylic acids is 1. The number of hydrogen-bond donors (Lipinski definition) is 1. The first kappa shape index (κ1) is 14.3. The van der Waals surface area contributed by atoms with E-state index in [-0.39, 0.29) is 5.76 Å². The minimum Gasteiger partial charge on any atom is -0.488 e. The van der Waals surface area contributed by atoms with E-state index in [1.807, 2.05) is 6.92 Å². The van der Waals surface area contributed by atoms with E-state index in [0.29, 0.717) is 18.1 Å². The van der Waals surface area contributed by atoms with Crippen molar-refractivity contribution in [3.05, 3.63) is 46.7 Å². The van der Waals surface area contributed by atoms with E-state index < -0.39 is 5.97 Å². The molecule has 104 valence electrons. The summed E-state index contributed by atoms with van der Waals surface area (Å²) in [5, 5.41) is 12.5. The predicted molar refractivity (Wildman–Crippen MR) is 76.9 cm³/mol. The normalized spacial score (nSPS) is 10.3. The number of aromatic carboxylic acids is 1. The summed E-state index contributed by atoms with van der Waals surface area (Å²) >= 11 is 3.40. The molecule has 0 amide bonds. The molecule has 1 aromatic carbocycles. The van der Waals surface area contributed by atoms with E-state index in [1.54, 1.807) is 18.2 Å². The molecule has 1 N–H and O–H groups in total. The number of carbonyl (C=O) groups is 1. The molecule has 0 saturated carbocycles. The third kappa shape index (κ3) is 3.27. The van der Waals surface area contributed by atoms with Crippen LogP contribution in [0.3, 0.4) is 0 Å². The van der Waals surface area contributed by atoms with Crippen molar-refractivity contribution in [1.29, 1.82) is 0 Å². The number of aromatic nitrogens is 1. The van der Waals surface area contributed by atoms with E-state index in [2.05, 4.69) is 27.7 Å². The van der Waals surface area contributed by atoms with Gasteiger partial charge in [-0.25, -0.2) is 4.79 Å². The molecule has 0 aliphatic rings. The van der Waals surface area contributed by atoms with Gasteiger partial charge in [0.1, 0.15) is 18.1 Å². The highest BCUT2D eigenvalue weighted by molar-refractivity contribution is 9.10. The highest BCUT2D eigenvalue weighted by Crippen LogP contribution is 2.30. The molecule has 20 heavy (non-hydrogen) atoms. The van der Waals surface area contributed by atoms with Gasteiger partial charge in [0.05, 0.1) is 4.47 Å². The lowest BCUT2D eigenvalue weighted by atomic mass is 10.1. The van der Waals surface area contributed by atoms with Crippen LogP contribution in [0.4, 0.5) is 0 Å². The Balaban J connectivity index is 2.23. The lowest BCUT2D eigenvalue weighted by Crippen LogP contribution is -1.98. The number of ether oxygens (including phenoxy) is 1. The topological polar surface area (TPSA) is 72.6 Å². The first-order chi connectivity index (χ1) is 9.47. The molecule has 0 saturated heterocycles. The Labute approximate surface area is 124 Å². The van der Waals surface area contributed by atoms with Crippen LogP contribution in [-0.2, 0) is 0 Å². The quantitative estimate of drug-likeness (QED) is 0.841. The fraction of sp³-hybridized carbons (Fsp3) is 0.143. The molecule has 2 rings (SSSR count). The van der Waals surface area contributed by atoms with Crippen LogP contribution in [0.1, 0.15) is 17.5 Å². The van der Waals surface area contributed by atoms with E-state index >= 15 is 0 Å². The zero-order valence-electron chi connectivity index (χ0n) is 10.7. The van der Waals surface area contributed by atoms with Gasteiger partial charge in [-0.3, -0.25) is 0 Å². The van der Waals surface area contributed by atoms with Crippen LogP contribution >= 0.6 is 15.9 Å². The largest absolute Gasteiger partial charge is 0.488 e. The van der Waals surface area contributed by atoms with Crippen LogP contribution < -0.4 is 4.74 Å². The molecule has 2 aromatic rings. The van der Waals surface area contributed by atoms with Gasteiger partial charge < -0.3 is 14.4 Å². The van der Waals surface area contributed by atoms with Gasteiger partial charge in [-0.15, -0.1) is 0 Å². The maximum absolute atomic E-state index is 10.7. The molecule has 0 aliphatic heterocycles. The van der Waals surface area contributed by atoms with Crippen molar-refractivity contribution < 1.29 is 19.2 Å². The number of carboxylic acid groups (broad SMARTS) is 1.